The van der Waals surface area contributed by atoms with Crippen molar-refractivity contribution in [3.63, 3.8) is 0 Å². The first kappa shape index (κ1) is 14.7. The third-order valence-corrected chi connectivity index (χ3v) is 3.82. The molecule has 21 heavy (non-hydrogen) atoms. The van der Waals surface area contributed by atoms with Crippen molar-refractivity contribution in [2.45, 2.75) is 4.90 Å². The lowest BCUT2D eigenvalue weighted by atomic mass is 10.3. The molecule has 0 aliphatic rings. The van der Waals surface area contributed by atoms with Crippen LogP contribution >= 0.6 is 0 Å². The molecule has 2 aromatic rings. The van der Waals surface area contributed by atoms with Crippen LogP contribution in [0.25, 0.3) is 0 Å². The van der Waals surface area contributed by atoms with Crippen molar-refractivity contribution in [1.82, 2.24) is 4.98 Å². The zero-order chi connectivity index (χ0) is 15.6. The topological polar surface area (TPSA) is 128 Å². The molecule has 110 valence electrons. The highest BCUT2D eigenvalue weighted by atomic mass is 32.2. The highest BCUT2D eigenvalue weighted by Crippen LogP contribution is 2.27. The van der Waals surface area contributed by atoms with E-state index in [1.165, 1.54) is 6.07 Å². The third-order valence-electron chi connectivity index (χ3n) is 2.44. The van der Waals surface area contributed by atoms with Gasteiger partial charge in [-0.05, 0) is 24.3 Å². The quantitative estimate of drug-likeness (QED) is 0.500. The van der Waals surface area contributed by atoms with Crippen molar-refractivity contribution in [2.75, 3.05) is 10.5 Å². The average Bonchev–Trinajstić information content (AvgIpc) is 2.41. The van der Waals surface area contributed by atoms with Crippen LogP contribution in [-0.4, -0.2) is 18.3 Å². The number of pyridine rings is 1. The Bertz CT molecular complexity index is 792. The predicted octanol–water partition coefficient (Wildman–Crippen LogP) is 1.51. The molecular weight excluding hydrogens is 303 g/mol. The van der Waals surface area contributed by atoms with Gasteiger partial charge in [0.1, 0.15) is 11.6 Å². The highest BCUT2D eigenvalue weighted by molar-refractivity contribution is 7.92. The largest absolute Gasteiger partial charge is 0.399 e. The van der Waals surface area contributed by atoms with Crippen LogP contribution in [0, 0.1) is 15.9 Å². The van der Waals surface area contributed by atoms with E-state index in [-0.39, 0.29) is 11.5 Å². The summed E-state index contributed by atoms with van der Waals surface area (Å²) in [7, 11) is -4.28. The van der Waals surface area contributed by atoms with Gasteiger partial charge in [0, 0.05) is 11.8 Å². The summed E-state index contributed by atoms with van der Waals surface area (Å²) in [5, 5.41) is 10.9. The second-order valence-corrected chi connectivity index (χ2v) is 5.60. The molecule has 2 rings (SSSR count). The summed E-state index contributed by atoms with van der Waals surface area (Å²) in [5.41, 5.74) is 4.88. The summed E-state index contributed by atoms with van der Waals surface area (Å²) >= 11 is 0. The van der Waals surface area contributed by atoms with Crippen LogP contribution in [0.1, 0.15) is 0 Å². The Kier molecular flexibility index (Phi) is 3.72. The smallest absolute Gasteiger partial charge is 0.290 e. The second-order valence-electron chi connectivity index (χ2n) is 3.95. The predicted molar refractivity (Wildman–Crippen MR) is 72.5 cm³/mol. The Morgan fingerprint density at radius 3 is 2.57 bits per heavy atom. The zero-order valence-corrected chi connectivity index (χ0v) is 11.2. The number of nitrogens with one attached hydrogen (secondary N) is 1. The summed E-state index contributed by atoms with van der Waals surface area (Å²) in [6.45, 7) is 0. The van der Waals surface area contributed by atoms with Gasteiger partial charge in [-0.25, -0.2) is 17.8 Å². The molecule has 0 aliphatic carbocycles. The minimum Gasteiger partial charge on any atom is -0.399 e. The Morgan fingerprint density at radius 2 is 2.00 bits per heavy atom. The molecule has 10 heteroatoms. The normalized spacial score (nSPS) is 11.1. The Balaban J connectivity index is 2.46. The fraction of sp³-hybridized carbons (Fsp3) is 0. The van der Waals surface area contributed by atoms with E-state index < -0.39 is 31.3 Å². The molecule has 0 saturated heterocycles. The minimum atomic E-state index is -4.28. The van der Waals surface area contributed by atoms with Gasteiger partial charge in [0.05, 0.1) is 11.1 Å². The summed E-state index contributed by atoms with van der Waals surface area (Å²) in [6.07, 6.45) is 0.811. The third kappa shape index (κ3) is 3.23. The van der Waals surface area contributed by atoms with Gasteiger partial charge in [0.15, 0.2) is 4.90 Å². The maximum atomic E-state index is 12.7. The van der Waals surface area contributed by atoms with Crippen molar-refractivity contribution in [3.05, 3.63) is 52.5 Å². The number of sulfonamides is 1. The molecule has 0 unspecified atom stereocenters. The SMILES string of the molecule is Nc1ccc([N+](=O)[O-])c(S(=O)(=O)Nc2ccc(F)cn2)c1. The van der Waals surface area contributed by atoms with E-state index in [0.29, 0.717) is 0 Å². The first-order chi connectivity index (χ1) is 9.79. The number of nitrogen functional groups attached to an aromatic ring is 1. The average molecular weight is 312 g/mol. The van der Waals surface area contributed by atoms with E-state index in [0.717, 1.165) is 30.5 Å². The molecule has 0 radical (unpaired) electrons. The number of rotatable bonds is 4. The maximum absolute atomic E-state index is 12.7. The number of benzene rings is 1. The first-order valence-electron chi connectivity index (χ1n) is 5.48. The van der Waals surface area contributed by atoms with E-state index in [2.05, 4.69) is 4.98 Å². The summed E-state index contributed by atoms with van der Waals surface area (Å²) in [6, 6.07) is 5.25. The van der Waals surface area contributed by atoms with Crippen LogP contribution in [0.15, 0.2) is 41.4 Å². The maximum Gasteiger partial charge on any atom is 0.290 e. The van der Waals surface area contributed by atoms with E-state index in [4.69, 9.17) is 5.73 Å². The van der Waals surface area contributed by atoms with Crippen LogP contribution in [-0.2, 0) is 10.0 Å². The summed E-state index contributed by atoms with van der Waals surface area (Å²) < 4.78 is 39.1. The number of hydrogen-bond acceptors (Lipinski definition) is 6. The van der Waals surface area contributed by atoms with Crippen LogP contribution in [0.5, 0.6) is 0 Å². The van der Waals surface area contributed by atoms with Crippen LogP contribution in [0.3, 0.4) is 0 Å². The second kappa shape index (κ2) is 5.32. The molecule has 0 spiro atoms. The Morgan fingerprint density at radius 1 is 1.29 bits per heavy atom. The lowest BCUT2D eigenvalue weighted by molar-refractivity contribution is -0.387. The number of hydrogen-bond donors (Lipinski definition) is 2. The highest BCUT2D eigenvalue weighted by Gasteiger charge is 2.26. The van der Waals surface area contributed by atoms with Gasteiger partial charge in [-0.3, -0.25) is 14.8 Å². The minimum absolute atomic E-state index is 0.0491. The number of aromatic nitrogens is 1. The van der Waals surface area contributed by atoms with Crippen molar-refractivity contribution in [1.29, 1.82) is 0 Å². The van der Waals surface area contributed by atoms with E-state index in [1.54, 1.807) is 0 Å². The fourth-order valence-corrected chi connectivity index (χ4v) is 2.74. The molecule has 0 bridgehead atoms. The molecule has 1 heterocycles. The van der Waals surface area contributed by atoms with E-state index in [1.807, 2.05) is 4.72 Å². The molecule has 0 amide bonds. The molecule has 0 fully saturated rings. The van der Waals surface area contributed by atoms with Gasteiger partial charge in [-0.1, -0.05) is 0 Å². The molecule has 3 N–H and O–H groups in total. The number of nitrogens with zero attached hydrogens (tertiary/aromatic N) is 2. The van der Waals surface area contributed by atoms with Gasteiger partial charge < -0.3 is 5.73 Å². The van der Waals surface area contributed by atoms with Gasteiger partial charge >= 0.3 is 0 Å². The number of nitro benzene ring substituents is 1. The van der Waals surface area contributed by atoms with Crippen molar-refractivity contribution < 1.29 is 17.7 Å². The molecule has 8 nitrogen and oxygen atoms in total. The van der Waals surface area contributed by atoms with Crippen molar-refractivity contribution >= 4 is 27.2 Å². The van der Waals surface area contributed by atoms with Gasteiger partial charge in [0.25, 0.3) is 15.7 Å². The Hall–Kier alpha value is -2.75. The standard InChI is InChI=1S/C11H9FN4O4S/c12-7-1-4-11(14-6-7)15-21(19,20)10-5-8(13)2-3-9(10)16(17)18/h1-6H,13H2,(H,14,15). The number of nitro groups is 1. The molecular formula is C11H9FN4O4S. The number of anilines is 2. The first-order valence-corrected chi connectivity index (χ1v) is 6.96. The van der Waals surface area contributed by atoms with Crippen LogP contribution in [0.4, 0.5) is 21.6 Å². The molecule has 0 aliphatic heterocycles. The zero-order valence-electron chi connectivity index (χ0n) is 10.4. The lowest BCUT2D eigenvalue weighted by Crippen LogP contribution is -2.16. The van der Waals surface area contributed by atoms with Crippen molar-refractivity contribution in [3.8, 4) is 0 Å². The van der Waals surface area contributed by atoms with Crippen LogP contribution in [0.2, 0.25) is 0 Å². The number of nitrogens with two attached hydrogens (primary N) is 1. The fourth-order valence-electron chi connectivity index (χ4n) is 1.53. The van der Waals surface area contributed by atoms with Gasteiger partial charge in [-0.2, -0.15) is 0 Å². The lowest BCUT2D eigenvalue weighted by Gasteiger charge is -2.08. The molecule has 1 aromatic carbocycles. The van der Waals surface area contributed by atoms with Gasteiger partial charge in [0.2, 0.25) is 0 Å². The summed E-state index contributed by atoms with van der Waals surface area (Å²) in [4.78, 5) is 13.0. The van der Waals surface area contributed by atoms with Crippen molar-refractivity contribution in [2.24, 2.45) is 0 Å². The number of halogens is 1. The van der Waals surface area contributed by atoms with Gasteiger partial charge in [-0.15, -0.1) is 0 Å². The molecule has 0 atom stereocenters. The van der Waals surface area contributed by atoms with E-state index in [9.17, 15) is 22.9 Å². The molecule has 0 saturated carbocycles. The molecule has 1 aromatic heterocycles. The Labute approximate surface area is 118 Å². The summed E-state index contributed by atoms with van der Waals surface area (Å²) in [5.74, 6) is -0.819. The monoisotopic (exact) mass is 312 g/mol. The van der Waals surface area contributed by atoms with E-state index >= 15 is 0 Å². The van der Waals surface area contributed by atoms with Crippen LogP contribution < -0.4 is 10.5 Å².